The Morgan fingerprint density at radius 3 is 2.59 bits per heavy atom. The fraction of sp³-hybridized carbons (Fsp3) is 0.464. The molecule has 1 fully saturated rings. The van der Waals surface area contributed by atoms with Gasteiger partial charge in [0.15, 0.2) is 0 Å². The van der Waals surface area contributed by atoms with Gasteiger partial charge in [-0.2, -0.15) is 0 Å². The van der Waals surface area contributed by atoms with Crippen LogP contribution in [0.2, 0.25) is 0 Å². The fourth-order valence-corrected chi connectivity index (χ4v) is 7.19. The number of aromatic nitrogens is 3. The summed E-state index contributed by atoms with van der Waals surface area (Å²) >= 11 is 1.83. The summed E-state index contributed by atoms with van der Waals surface area (Å²) in [7, 11) is 0. The maximum atomic E-state index is 13.6. The number of rotatable bonds is 4. The van der Waals surface area contributed by atoms with Crippen LogP contribution in [-0.2, 0) is 22.4 Å². The van der Waals surface area contributed by atoms with Crippen molar-refractivity contribution in [2.75, 3.05) is 36.4 Å². The average molecular weight is 517 g/mol. The van der Waals surface area contributed by atoms with Crippen LogP contribution in [0.25, 0.3) is 10.2 Å². The van der Waals surface area contributed by atoms with Crippen LogP contribution >= 0.6 is 11.3 Å². The first-order chi connectivity index (χ1) is 18.1. The normalized spacial score (nSPS) is 21.6. The average Bonchev–Trinajstić information content (AvgIpc) is 3.31. The summed E-state index contributed by atoms with van der Waals surface area (Å²) in [6.45, 7) is 4.70. The fourth-order valence-electron chi connectivity index (χ4n) is 5.89. The first kappa shape index (κ1) is 24.0. The van der Waals surface area contributed by atoms with Gasteiger partial charge < -0.3 is 15.1 Å². The molecule has 6 rings (SSSR count). The molecular weight excluding hydrogens is 484 g/mol. The number of carbonyl (C=O) groups is 2. The van der Waals surface area contributed by atoms with E-state index < -0.39 is 0 Å². The van der Waals surface area contributed by atoms with Gasteiger partial charge >= 0.3 is 0 Å². The van der Waals surface area contributed by atoms with Crippen LogP contribution < -0.4 is 10.2 Å². The molecule has 3 aromatic rings. The molecule has 2 amide bonds. The number of nitrogens with zero attached hydrogens (tertiary/aromatic N) is 5. The zero-order valence-electron chi connectivity index (χ0n) is 21.2. The van der Waals surface area contributed by atoms with Crippen LogP contribution in [0, 0.1) is 18.8 Å². The second kappa shape index (κ2) is 10.2. The topological polar surface area (TPSA) is 91.3 Å². The van der Waals surface area contributed by atoms with Crippen molar-refractivity contribution in [3.8, 4) is 0 Å². The maximum absolute atomic E-state index is 13.6. The molecule has 0 unspecified atom stereocenters. The summed E-state index contributed by atoms with van der Waals surface area (Å²) in [5.41, 5.74) is 2.10. The second-order valence-electron chi connectivity index (χ2n) is 10.2. The van der Waals surface area contributed by atoms with E-state index in [1.165, 1.54) is 28.7 Å². The van der Waals surface area contributed by atoms with Crippen molar-refractivity contribution in [3.63, 3.8) is 0 Å². The molecule has 2 aliphatic carbocycles. The third-order valence-electron chi connectivity index (χ3n) is 7.81. The second-order valence-corrected chi connectivity index (χ2v) is 11.3. The predicted molar refractivity (Wildman–Crippen MR) is 146 cm³/mol. The zero-order valence-corrected chi connectivity index (χ0v) is 22.0. The van der Waals surface area contributed by atoms with Crippen molar-refractivity contribution in [1.29, 1.82) is 0 Å². The SMILES string of the molecule is Cc1nc(N2CCN(C(=O)[C@@H]3CC=CC[C@@H]3C(=O)Nc3cccnc3)CC2)c2c3c(sc2n1)CCCC3. The number of nitrogens with one attached hydrogen (secondary N) is 1. The highest BCUT2D eigenvalue weighted by atomic mass is 32.1. The van der Waals surface area contributed by atoms with Crippen molar-refractivity contribution in [1.82, 2.24) is 19.9 Å². The highest BCUT2D eigenvalue weighted by Gasteiger charge is 2.37. The maximum Gasteiger partial charge on any atom is 0.228 e. The van der Waals surface area contributed by atoms with Gasteiger partial charge in [-0.25, -0.2) is 9.97 Å². The van der Waals surface area contributed by atoms with E-state index in [0.29, 0.717) is 31.6 Å². The first-order valence-electron chi connectivity index (χ1n) is 13.3. The standard InChI is InChI=1S/C28H32N6O2S/c1-18-30-25(24-22-10-4-5-11-23(22)37-27(24)31-18)33-13-15-34(16-14-33)28(36)21-9-3-2-8-20(21)26(35)32-19-7-6-12-29-17-19/h2-3,6-7,12,17,20-21H,4-5,8-11,13-16H2,1H3,(H,32,35)/t20-,21+/m0/s1. The number of aryl methyl sites for hydroxylation is 3. The van der Waals surface area contributed by atoms with Gasteiger partial charge in [0, 0.05) is 37.3 Å². The van der Waals surface area contributed by atoms with E-state index in [2.05, 4.69) is 15.2 Å². The van der Waals surface area contributed by atoms with E-state index in [0.717, 1.165) is 42.4 Å². The molecule has 3 aliphatic rings. The third-order valence-corrected chi connectivity index (χ3v) is 9.00. The lowest BCUT2D eigenvalue weighted by molar-refractivity contribution is -0.141. The molecule has 1 saturated heterocycles. The predicted octanol–water partition coefficient (Wildman–Crippen LogP) is 4.14. The van der Waals surface area contributed by atoms with Crippen LogP contribution in [0.1, 0.15) is 41.9 Å². The minimum atomic E-state index is -0.378. The Bertz CT molecular complexity index is 1350. The van der Waals surface area contributed by atoms with Crippen molar-refractivity contribution in [2.45, 2.75) is 45.4 Å². The number of allylic oxidation sites excluding steroid dienone is 2. The minimum Gasteiger partial charge on any atom is -0.352 e. The first-order valence-corrected chi connectivity index (χ1v) is 14.1. The van der Waals surface area contributed by atoms with Crippen LogP contribution in [0.4, 0.5) is 11.5 Å². The van der Waals surface area contributed by atoms with Crippen LogP contribution in [0.3, 0.4) is 0 Å². The number of hydrogen-bond donors (Lipinski definition) is 1. The molecule has 1 aliphatic heterocycles. The molecule has 3 aromatic heterocycles. The van der Waals surface area contributed by atoms with Gasteiger partial charge in [0.2, 0.25) is 11.8 Å². The van der Waals surface area contributed by atoms with Crippen molar-refractivity contribution in [2.24, 2.45) is 11.8 Å². The van der Waals surface area contributed by atoms with Gasteiger partial charge in [-0.15, -0.1) is 11.3 Å². The third kappa shape index (κ3) is 4.72. The Hall–Kier alpha value is -3.33. The number of piperazine rings is 1. The van der Waals surface area contributed by atoms with Crippen molar-refractivity contribution >= 4 is 44.9 Å². The van der Waals surface area contributed by atoms with E-state index >= 15 is 0 Å². The Labute approximate surface area is 220 Å². The lowest BCUT2D eigenvalue weighted by Gasteiger charge is -2.39. The molecule has 0 aromatic carbocycles. The molecule has 0 saturated carbocycles. The number of pyridine rings is 1. The van der Waals surface area contributed by atoms with Gasteiger partial charge in [0.25, 0.3) is 0 Å². The van der Waals surface area contributed by atoms with Gasteiger partial charge in [0.1, 0.15) is 16.5 Å². The summed E-state index contributed by atoms with van der Waals surface area (Å²) in [4.78, 5) is 47.3. The molecule has 8 nitrogen and oxygen atoms in total. The smallest absolute Gasteiger partial charge is 0.228 e. The zero-order chi connectivity index (χ0) is 25.4. The number of thiophene rings is 1. The monoisotopic (exact) mass is 516 g/mol. The Morgan fingerprint density at radius 1 is 1.03 bits per heavy atom. The summed E-state index contributed by atoms with van der Waals surface area (Å²) in [6, 6.07) is 3.60. The quantitative estimate of drug-likeness (QED) is 0.524. The van der Waals surface area contributed by atoms with Gasteiger partial charge in [-0.05, 0) is 63.1 Å². The van der Waals surface area contributed by atoms with Crippen molar-refractivity contribution in [3.05, 3.63) is 52.9 Å². The van der Waals surface area contributed by atoms with Crippen LogP contribution in [0.15, 0.2) is 36.7 Å². The van der Waals surface area contributed by atoms with Crippen LogP contribution in [0.5, 0.6) is 0 Å². The summed E-state index contributed by atoms with van der Waals surface area (Å²) < 4.78 is 0. The summed E-state index contributed by atoms with van der Waals surface area (Å²) in [6.07, 6.45) is 13.2. The lowest BCUT2D eigenvalue weighted by atomic mass is 9.81. The Balaban J connectivity index is 1.16. The number of anilines is 2. The molecule has 1 N–H and O–H groups in total. The number of fused-ring (bicyclic) bond motifs is 3. The molecular formula is C28H32N6O2S. The molecule has 9 heteroatoms. The molecule has 0 spiro atoms. The van der Waals surface area contributed by atoms with E-state index in [4.69, 9.17) is 9.97 Å². The van der Waals surface area contributed by atoms with E-state index in [-0.39, 0.29) is 23.7 Å². The molecule has 37 heavy (non-hydrogen) atoms. The molecule has 0 bridgehead atoms. The van der Waals surface area contributed by atoms with Crippen LogP contribution in [-0.4, -0.2) is 57.8 Å². The lowest BCUT2D eigenvalue weighted by Crippen LogP contribution is -2.52. The minimum absolute atomic E-state index is 0.0762. The number of carbonyl (C=O) groups excluding carboxylic acids is 2. The highest BCUT2D eigenvalue weighted by molar-refractivity contribution is 7.19. The summed E-state index contributed by atoms with van der Waals surface area (Å²) in [5, 5.41) is 4.18. The molecule has 4 heterocycles. The Morgan fingerprint density at radius 2 is 1.81 bits per heavy atom. The number of hydrogen-bond acceptors (Lipinski definition) is 7. The van der Waals surface area contributed by atoms with E-state index in [9.17, 15) is 9.59 Å². The number of amides is 2. The van der Waals surface area contributed by atoms with Crippen molar-refractivity contribution < 1.29 is 9.59 Å². The van der Waals surface area contributed by atoms with Gasteiger partial charge in [-0.3, -0.25) is 14.6 Å². The van der Waals surface area contributed by atoms with Gasteiger partial charge in [-0.1, -0.05) is 12.2 Å². The molecule has 192 valence electrons. The Kier molecular flexibility index (Phi) is 6.63. The molecule has 2 atom stereocenters. The van der Waals surface area contributed by atoms with E-state index in [1.54, 1.807) is 18.5 Å². The molecule has 0 radical (unpaired) electrons. The summed E-state index contributed by atoms with van der Waals surface area (Å²) in [5.74, 6) is 1.07. The van der Waals surface area contributed by atoms with Gasteiger partial charge in [0.05, 0.1) is 29.1 Å². The highest BCUT2D eigenvalue weighted by Crippen LogP contribution is 2.40. The largest absolute Gasteiger partial charge is 0.352 e. The van der Waals surface area contributed by atoms with E-state index in [1.807, 2.05) is 41.4 Å².